The SMILES string of the molecule is CCCC1CCC(C2CCC(C(=O)CC(C)=O)CC2)CC1. The molecule has 21 heavy (non-hydrogen) atoms. The number of ketones is 2. The summed E-state index contributed by atoms with van der Waals surface area (Å²) in [5.41, 5.74) is 0. The van der Waals surface area contributed by atoms with E-state index in [1.54, 1.807) is 0 Å². The van der Waals surface area contributed by atoms with Crippen LogP contribution in [0.1, 0.15) is 84.5 Å². The third-order valence-electron chi connectivity index (χ3n) is 5.91. The van der Waals surface area contributed by atoms with E-state index in [4.69, 9.17) is 0 Å². The highest BCUT2D eigenvalue weighted by Gasteiger charge is 2.32. The van der Waals surface area contributed by atoms with Crippen LogP contribution < -0.4 is 0 Å². The summed E-state index contributed by atoms with van der Waals surface area (Å²) in [6.45, 7) is 3.82. The summed E-state index contributed by atoms with van der Waals surface area (Å²) in [7, 11) is 0. The maximum absolute atomic E-state index is 12.0. The normalized spacial score (nSPS) is 33.6. The summed E-state index contributed by atoms with van der Waals surface area (Å²) in [6, 6.07) is 0. The van der Waals surface area contributed by atoms with Crippen molar-refractivity contribution in [2.75, 3.05) is 0 Å². The minimum Gasteiger partial charge on any atom is -0.300 e. The first-order valence-corrected chi connectivity index (χ1v) is 9.12. The number of rotatable bonds is 6. The number of carbonyl (C=O) groups is 2. The second-order valence-electron chi connectivity index (χ2n) is 7.53. The van der Waals surface area contributed by atoms with Gasteiger partial charge in [0.1, 0.15) is 11.6 Å². The molecule has 0 unspecified atom stereocenters. The molecule has 2 heteroatoms. The molecule has 2 rings (SSSR count). The van der Waals surface area contributed by atoms with Crippen LogP contribution in [0.3, 0.4) is 0 Å². The molecule has 0 saturated heterocycles. The molecule has 0 aromatic carbocycles. The van der Waals surface area contributed by atoms with E-state index < -0.39 is 0 Å². The Bertz CT molecular complexity index is 345. The summed E-state index contributed by atoms with van der Waals surface area (Å²) in [5, 5.41) is 0. The van der Waals surface area contributed by atoms with Gasteiger partial charge in [0.05, 0.1) is 6.42 Å². The molecule has 0 spiro atoms. The van der Waals surface area contributed by atoms with E-state index in [1.807, 2.05) is 0 Å². The first-order valence-electron chi connectivity index (χ1n) is 9.12. The van der Waals surface area contributed by atoms with E-state index >= 15 is 0 Å². The Labute approximate surface area is 130 Å². The van der Waals surface area contributed by atoms with Crippen LogP contribution in [0, 0.1) is 23.7 Å². The average Bonchev–Trinajstić information content (AvgIpc) is 2.48. The summed E-state index contributed by atoms with van der Waals surface area (Å²) in [6.07, 6.45) is 13.1. The van der Waals surface area contributed by atoms with Gasteiger partial charge in [0.25, 0.3) is 0 Å². The van der Waals surface area contributed by atoms with E-state index in [1.165, 1.54) is 58.3 Å². The van der Waals surface area contributed by atoms with Crippen molar-refractivity contribution in [1.82, 2.24) is 0 Å². The molecule has 2 saturated carbocycles. The summed E-state index contributed by atoms with van der Waals surface area (Å²) >= 11 is 0. The molecule has 0 aromatic heterocycles. The Morgan fingerprint density at radius 1 is 0.857 bits per heavy atom. The molecule has 2 aliphatic rings. The third kappa shape index (κ3) is 4.93. The Hall–Kier alpha value is -0.660. The maximum atomic E-state index is 12.0. The molecule has 0 atom stereocenters. The predicted molar refractivity (Wildman–Crippen MR) is 86.1 cm³/mol. The van der Waals surface area contributed by atoms with Crippen molar-refractivity contribution in [3.63, 3.8) is 0 Å². The zero-order valence-electron chi connectivity index (χ0n) is 13.9. The third-order valence-corrected chi connectivity index (χ3v) is 5.91. The van der Waals surface area contributed by atoms with E-state index in [-0.39, 0.29) is 23.9 Å². The van der Waals surface area contributed by atoms with Crippen molar-refractivity contribution in [3.8, 4) is 0 Å². The van der Waals surface area contributed by atoms with Crippen molar-refractivity contribution in [3.05, 3.63) is 0 Å². The van der Waals surface area contributed by atoms with Gasteiger partial charge in [-0.25, -0.2) is 0 Å². The molecule has 2 nitrogen and oxygen atoms in total. The molecule has 2 fully saturated rings. The van der Waals surface area contributed by atoms with E-state index in [0.717, 1.165) is 30.6 Å². The standard InChI is InChI=1S/C19H32O2/c1-3-4-15-5-7-16(8-6-15)17-9-11-18(12-10-17)19(21)13-14(2)20/h15-18H,3-13H2,1-2H3. The molecule has 120 valence electrons. The maximum Gasteiger partial charge on any atom is 0.143 e. The van der Waals surface area contributed by atoms with Gasteiger partial charge < -0.3 is 0 Å². The zero-order valence-corrected chi connectivity index (χ0v) is 13.9. The molecule has 0 radical (unpaired) electrons. The fraction of sp³-hybridized carbons (Fsp3) is 0.895. The Balaban J connectivity index is 1.72. The van der Waals surface area contributed by atoms with E-state index in [0.29, 0.717) is 0 Å². The molecule has 0 amide bonds. The lowest BCUT2D eigenvalue weighted by Gasteiger charge is -2.37. The van der Waals surface area contributed by atoms with Gasteiger partial charge in [0, 0.05) is 5.92 Å². The average molecular weight is 292 g/mol. The van der Waals surface area contributed by atoms with Gasteiger partial charge in [-0.05, 0) is 63.2 Å². The van der Waals surface area contributed by atoms with Crippen LogP contribution in [0.25, 0.3) is 0 Å². The lowest BCUT2D eigenvalue weighted by Crippen LogP contribution is -2.28. The van der Waals surface area contributed by atoms with Crippen LogP contribution in [0.15, 0.2) is 0 Å². The van der Waals surface area contributed by atoms with Gasteiger partial charge in [-0.2, -0.15) is 0 Å². The van der Waals surface area contributed by atoms with Crippen LogP contribution >= 0.6 is 0 Å². The van der Waals surface area contributed by atoms with Crippen molar-refractivity contribution in [2.45, 2.75) is 84.5 Å². The first kappa shape index (κ1) is 16.7. The molecule has 0 N–H and O–H groups in total. The highest BCUT2D eigenvalue weighted by atomic mass is 16.1. The summed E-state index contributed by atoms with van der Waals surface area (Å²) in [5.74, 6) is 3.17. The monoisotopic (exact) mass is 292 g/mol. The molecule has 0 heterocycles. The van der Waals surface area contributed by atoms with Gasteiger partial charge in [0.2, 0.25) is 0 Å². The van der Waals surface area contributed by atoms with Gasteiger partial charge in [-0.3, -0.25) is 9.59 Å². The van der Waals surface area contributed by atoms with Crippen molar-refractivity contribution in [2.24, 2.45) is 23.7 Å². The van der Waals surface area contributed by atoms with Crippen molar-refractivity contribution >= 4 is 11.6 Å². The van der Waals surface area contributed by atoms with Crippen molar-refractivity contribution < 1.29 is 9.59 Å². The lowest BCUT2D eigenvalue weighted by molar-refractivity contribution is -0.129. The highest BCUT2D eigenvalue weighted by Crippen LogP contribution is 2.42. The van der Waals surface area contributed by atoms with Crippen LogP contribution in [-0.4, -0.2) is 11.6 Å². The molecular weight excluding hydrogens is 260 g/mol. The second kappa shape index (κ2) is 8.10. The number of carbonyl (C=O) groups excluding carboxylic acids is 2. The number of hydrogen-bond donors (Lipinski definition) is 0. The van der Waals surface area contributed by atoms with Crippen LogP contribution in [0.4, 0.5) is 0 Å². The lowest BCUT2D eigenvalue weighted by atomic mass is 9.68. The van der Waals surface area contributed by atoms with Crippen LogP contribution in [-0.2, 0) is 9.59 Å². The Kier molecular flexibility index (Phi) is 6.44. The molecule has 2 aliphatic carbocycles. The summed E-state index contributed by atoms with van der Waals surface area (Å²) in [4.78, 5) is 23.1. The minimum atomic E-state index is 0.0244. The highest BCUT2D eigenvalue weighted by molar-refractivity contribution is 5.99. The number of hydrogen-bond acceptors (Lipinski definition) is 2. The minimum absolute atomic E-state index is 0.0244. The number of Topliss-reactive ketones (excluding diaryl/α,β-unsaturated/α-hetero) is 2. The Morgan fingerprint density at radius 2 is 1.38 bits per heavy atom. The first-order chi connectivity index (χ1) is 10.1. The fourth-order valence-electron chi connectivity index (χ4n) is 4.66. The predicted octanol–water partition coefficient (Wildman–Crippen LogP) is 4.95. The van der Waals surface area contributed by atoms with Crippen molar-refractivity contribution in [1.29, 1.82) is 0 Å². The Morgan fingerprint density at radius 3 is 1.86 bits per heavy atom. The van der Waals surface area contributed by atoms with Crippen LogP contribution in [0.5, 0.6) is 0 Å². The molecule has 0 aromatic rings. The largest absolute Gasteiger partial charge is 0.300 e. The van der Waals surface area contributed by atoms with Gasteiger partial charge in [0.15, 0.2) is 0 Å². The quantitative estimate of drug-likeness (QED) is 0.649. The fourth-order valence-corrected chi connectivity index (χ4v) is 4.66. The van der Waals surface area contributed by atoms with E-state index in [2.05, 4.69) is 6.92 Å². The topological polar surface area (TPSA) is 34.1 Å². The van der Waals surface area contributed by atoms with E-state index in [9.17, 15) is 9.59 Å². The molecule has 0 bridgehead atoms. The van der Waals surface area contributed by atoms with Gasteiger partial charge in [-0.1, -0.05) is 32.6 Å². The smallest absolute Gasteiger partial charge is 0.143 e. The van der Waals surface area contributed by atoms with Gasteiger partial charge >= 0.3 is 0 Å². The molecule has 0 aliphatic heterocycles. The zero-order chi connectivity index (χ0) is 15.2. The molecular formula is C19H32O2. The second-order valence-corrected chi connectivity index (χ2v) is 7.53. The summed E-state index contributed by atoms with van der Waals surface area (Å²) < 4.78 is 0. The van der Waals surface area contributed by atoms with Gasteiger partial charge in [-0.15, -0.1) is 0 Å². The van der Waals surface area contributed by atoms with Crippen LogP contribution in [0.2, 0.25) is 0 Å².